The van der Waals surface area contributed by atoms with Gasteiger partial charge in [0.15, 0.2) is 0 Å². The zero-order valence-electron chi connectivity index (χ0n) is 13.3. The van der Waals surface area contributed by atoms with E-state index in [0.29, 0.717) is 17.8 Å². The van der Waals surface area contributed by atoms with Gasteiger partial charge in [-0.1, -0.05) is 25.1 Å². The minimum Gasteiger partial charge on any atom is -0.496 e. The van der Waals surface area contributed by atoms with Crippen molar-refractivity contribution in [1.29, 1.82) is 0 Å². The Balaban J connectivity index is 2.32. The van der Waals surface area contributed by atoms with Crippen molar-refractivity contribution in [2.45, 2.75) is 39.2 Å². The zero-order chi connectivity index (χ0) is 15.4. The maximum Gasteiger partial charge on any atom is 0.231 e. The summed E-state index contributed by atoms with van der Waals surface area (Å²) < 4.78 is 10.8. The lowest BCUT2D eigenvalue weighted by atomic mass is 10.00. The average Bonchev–Trinajstić information content (AvgIpc) is 2.97. The fourth-order valence-electron chi connectivity index (χ4n) is 2.49. The number of ether oxygens (including phenoxy) is 1. The molecule has 2 unspecified atom stereocenters. The van der Waals surface area contributed by atoms with Crippen LogP contribution in [-0.4, -0.2) is 30.3 Å². The van der Waals surface area contributed by atoms with Crippen LogP contribution < -0.4 is 10.1 Å². The van der Waals surface area contributed by atoms with Gasteiger partial charge in [-0.2, -0.15) is 4.98 Å². The third-order valence-corrected chi connectivity index (χ3v) is 3.84. The molecule has 0 saturated carbocycles. The van der Waals surface area contributed by atoms with Crippen molar-refractivity contribution in [3.05, 3.63) is 29.7 Å². The first-order valence-electron chi connectivity index (χ1n) is 7.26. The minimum atomic E-state index is 0.165. The normalized spacial score (nSPS) is 14.0. The summed E-state index contributed by atoms with van der Waals surface area (Å²) in [5.74, 6) is 2.14. The number of hydrogen-bond donors (Lipinski definition) is 1. The molecule has 0 aliphatic carbocycles. The Kier molecular flexibility index (Phi) is 4.96. The number of aryl methyl sites for hydroxylation is 1. The van der Waals surface area contributed by atoms with Crippen LogP contribution in [0.4, 0.5) is 0 Å². The Morgan fingerprint density at radius 2 is 2.14 bits per heavy atom. The van der Waals surface area contributed by atoms with E-state index < -0.39 is 0 Å². The number of benzene rings is 1. The highest BCUT2D eigenvalue weighted by molar-refractivity contribution is 5.64. The third kappa shape index (κ3) is 3.24. The predicted molar refractivity (Wildman–Crippen MR) is 82.6 cm³/mol. The van der Waals surface area contributed by atoms with Crippen LogP contribution in [0.15, 0.2) is 22.7 Å². The van der Waals surface area contributed by atoms with Crippen LogP contribution in [0.2, 0.25) is 0 Å². The molecule has 114 valence electrons. The largest absolute Gasteiger partial charge is 0.496 e. The molecule has 0 fully saturated rings. The number of aromatic nitrogens is 2. The molecule has 1 N–H and O–H groups in total. The van der Waals surface area contributed by atoms with Gasteiger partial charge in [0, 0.05) is 6.04 Å². The lowest BCUT2D eigenvalue weighted by molar-refractivity contribution is 0.326. The van der Waals surface area contributed by atoms with Crippen LogP contribution in [0.25, 0.3) is 11.4 Å². The van der Waals surface area contributed by atoms with Crippen molar-refractivity contribution in [2.24, 2.45) is 0 Å². The SMILES string of the molecule is CCC(NC)C(C)c1nc(-c2ccc(C)cc2OC)no1. The summed E-state index contributed by atoms with van der Waals surface area (Å²) >= 11 is 0. The summed E-state index contributed by atoms with van der Waals surface area (Å²) in [6.45, 7) is 6.25. The van der Waals surface area contributed by atoms with E-state index in [-0.39, 0.29) is 5.92 Å². The lowest BCUT2D eigenvalue weighted by Crippen LogP contribution is -2.30. The first-order chi connectivity index (χ1) is 10.1. The molecule has 21 heavy (non-hydrogen) atoms. The van der Waals surface area contributed by atoms with Crippen LogP contribution in [0.3, 0.4) is 0 Å². The van der Waals surface area contributed by atoms with Gasteiger partial charge in [-0.25, -0.2) is 0 Å². The summed E-state index contributed by atoms with van der Waals surface area (Å²) in [4.78, 5) is 4.54. The molecular weight excluding hydrogens is 266 g/mol. The molecule has 0 amide bonds. The van der Waals surface area contributed by atoms with Crippen LogP contribution in [-0.2, 0) is 0 Å². The van der Waals surface area contributed by atoms with Gasteiger partial charge in [-0.15, -0.1) is 0 Å². The van der Waals surface area contributed by atoms with E-state index in [1.54, 1.807) is 7.11 Å². The third-order valence-electron chi connectivity index (χ3n) is 3.84. The Morgan fingerprint density at radius 3 is 2.76 bits per heavy atom. The number of methoxy groups -OCH3 is 1. The molecule has 0 radical (unpaired) electrons. The lowest BCUT2D eigenvalue weighted by Gasteiger charge is -2.18. The smallest absolute Gasteiger partial charge is 0.231 e. The van der Waals surface area contributed by atoms with Gasteiger partial charge in [0.1, 0.15) is 5.75 Å². The summed E-state index contributed by atoms with van der Waals surface area (Å²) in [5, 5.41) is 7.38. The first kappa shape index (κ1) is 15.5. The molecule has 0 aliphatic rings. The molecule has 2 aromatic rings. The van der Waals surface area contributed by atoms with Crippen molar-refractivity contribution in [2.75, 3.05) is 14.2 Å². The van der Waals surface area contributed by atoms with Crippen LogP contribution >= 0.6 is 0 Å². The van der Waals surface area contributed by atoms with Gasteiger partial charge in [-0.05, 0) is 38.1 Å². The molecule has 1 aromatic heterocycles. The highest BCUT2D eigenvalue weighted by Crippen LogP contribution is 2.30. The molecule has 0 aliphatic heterocycles. The molecule has 0 bridgehead atoms. The summed E-state index contributed by atoms with van der Waals surface area (Å²) in [6, 6.07) is 6.26. The van der Waals surface area contributed by atoms with E-state index in [2.05, 4.69) is 29.3 Å². The van der Waals surface area contributed by atoms with Crippen molar-refractivity contribution < 1.29 is 9.26 Å². The zero-order valence-corrected chi connectivity index (χ0v) is 13.3. The van der Waals surface area contributed by atoms with Gasteiger partial charge in [0.05, 0.1) is 18.6 Å². The van der Waals surface area contributed by atoms with Gasteiger partial charge in [0.25, 0.3) is 0 Å². The molecule has 0 spiro atoms. The second kappa shape index (κ2) is 6.72. The Labute approximate surface area is 125 Å². The summed E-state index contributed by atoms with van der Waals surface area (Å²) in [5.41, 5.74) is 1.98. The second-order valence-corrected chi connectivity index (χ2v) is 5.25. The topological polar surface area (TPSA) is 60.2 Å². The molecule has 1 aromatic carbocycles. The number of likely N-dealkylation sites (N-methyl/N-ethyl adjacent to an activating group) is 1. The molecule has 1 heterocycles. The second-order valence-electron chi connectivity index (χ2n) is 5.25. The van der Waals surface area contributed by atoms with E-state index >= 15 is 0 Å². The molecule has 5 nitrogen and oxygen atoms in total. The molecular formula is C16H23N3O2. The number of rotatable bonds is 6. The Bertz CT molecular complexity index is 591. The number of hydrogen-bond acceptors (Lipinski definition) is 5. The molecule has 0 saturated heterocycles. The quantitative estimate of drug-likeness (QED) is 0.885. The standard InChI is InChI=1S/C16H23N3O2/c1-6-13(17-4)11(3)16-18-15(19-21-16)12-8-7-10(2)9-14(12)20-5/h7-9,11,13,17H,6H2,1-5H3. The van der Waals surface area contributed by atoms with Gasteiger partial charge < -0.3 is 14.6 Å². The number of nitrogens with zero attached hydrogens (tertiary/aromatic N) is 2. The average molecular weight is 289 g/mol. The van der Waals surface area contributed by atoms with E-state index in [1.165, 1.54) is 0 Å². The highest BCUT2D eigenvalue weighted by atomic mass is 16.5. The molecule has 5 heteroatoms. The minimum absolute atomic E-state index is 0.165. The summed E-state index contributed by atoms with van der Waals surface area (Å²) in [6.07, 6.45) is 1.00. The van der Waals surface area contributed by atoms with Crippen molar-refractivity contribution >= 4 is 0 Å². The van der Waals surface area contributed by atoms with Gasteiger partial charge in [-0.3, -0.25) is 0 Å². The van der Waals surface area contributed by atoms with Gasteiger partial charge >= 0.3 is 0 Å². The predicted octanol–water partition coefficient (Wildman–Crippen LogP) is 3.16. The maximum absolute atomic E-state index is 5.44. The first-order valence-corrected chi connectivity index (χ1v) is 7.26. The van der Waals surface area contributed by atoms with Crippen LogP contribution in [0, 0.1) is 6.92 Å². The van der Waals surface area contributed by atoms with Crippen LogP contribution in [0.5, 0.6) is 5.75 Å². The Morgan fingerprint density at radius 1 is 1.38 bits per heavy atom. The summed E-state index contributed by atoms with van der Waals surface area (Å²) in [7, 11) is 3.60. The number of nitrogens with one attached hydrogen (secondary N) is 1. The van der Waals surface area contributed by atoms with Crippen molar-refractivity contribution in [3.8, 4) is 17.1 Å². The fourth-order valence-corrected chi connectivity index (χ4v) is 2.49. The van der Waals surface area contributed by atoms with E-state index in [9.17, 15) is 0 Å². The van der Waals surface area contributed by atoms with Crippen LogP contribution in [0.1, 0.15) is 37.6 Å². The van der Waals surface area contributed by atoms with Crippen molar-refractivity contribution in [3.63, 3.8) is 0 Å². The van der Waals surface area contributed by atoms with E-state index in [0.717, 1.165) is 23.3 Å². The molecule has 2 atom stereocenters. The monoisotopic (exact) mass is 289 g/mol. The van der Waals surface area contributed by atoms with E-state index in [1.807, 2.05) is 32.2 Å². The van der Waals surface area contributed by atoms with Crippen molar-refractivity contribution in [1.82, 2.24) is 15.5 Å². The Hall–Kier alpha value is -1.88. The molecule has 2 rings (SSSR count). The highest BCUT2D eigenvalue weighted by Gasteiger charge is 2.22. The van der Waals surface area contributed by atoms with Gasteiger partial charge in [0.2, 0.25) is 11.7 Å². The van der Waals surface area contributed by atoms with E-state index in [4.69, 9.17) is 9.26 Å². The maximum atomic E-state index is 5.44. The fraction of sp³-hybridized carbons (Fsp3) is 0.500.